The zero-order valence-electron chi connectivity index (χ0n) is 9.39. The Morgan fingerprint density at radius 3 is 2.40 bits per heavy atom. The monoisotopic (exact) mass is 217 g/mol. The standard InChI is InChI=1S/C10H23N3O2/c1-8(11)13-10(12)6-4-2-3-5-9(15)7-14/h9-10,14-15H,2-7,12H2,1H3,(H2,11,13). The summed E-state index contributed by atoms with van der Waals surface area (Å²) in [4.78, 5) is 4.01. The first-order valence-corrected chi connectivity index (χ1v) is 5.40. The molecule has 0 rings (SSSR count). The summed E-state index contributed by atoms with van der Waals surface area (Å²) in [5.41, 5.74) is 11.1. The van der Waals surface area contributed by atoms with Crippen molar-refractivity contribution in [1.29, 1.82) is 0 Å². The van der Waals surface area contributed by atoms with Gasteiger partial charge in [-0.25, -0.2) is 0 Å². The number of aliphatic imine (C=N–C) groups is 1. The highest BCUT2D eigenvalue weighted by Gasteiger charge is 2.02. The Morgan fingerprint density at radius 2 is 1.87 bits per heavy atom. The first-order chi connectivity index (χ1) is 7.06. The van der Waals surface area contributed by atoms with Crippen LogP contribution in [-0.4, -0.2) is 34.9 Å². The SMILES string of the molecule is CC(N)=NC(N)CCCCCC(O)CO. The van der Waals surface area contributed by atoms with Crippen LogP contribution in [0.1, 0.15) is 39.0 Å². The summed E-state index contributed by atoms with van der Waals surface area (Å²) in [6.07, 6.45) is 3.52. The maximum Gasteiger partial charge on any atom is 0.0989 e. The van der Waals surface area contributed by atoms with Crippen LogP contribution in [-0.2, 0) is 0 Å². The van der Waals surface area contributed by atoms with Crippen LogP contribution in [0.2, 0.25) is 0 Å². The molecular formula is C10H23N3O2. The molecule has 5 heteroatoms. The van der Waals surface area contributed by atoms with E-state index in [1.165, 1.54) is 0 Å². The second kappa shape index (κ2) is 8.64. The fourth-order valence-electron chi connectivity index (χ4n) is 1.33. The molecule has 0 aromatic rings. The van der Waals surface area contributed by atoms with Gasteiger partial charge in [0.15, 0.2) is 0 Å². The molecule has 0 saturated carbocycles. The van der Waals surface area contributed by atoms with Crippen LogP contribution in [0.25, 0.3) is 0 Å². The Balaban J connectivity index is 3.35. The van der Waals surface area contributed by atoms with E-state index in [9.17, 15) is 0 Å². The van der Waals surface area contributed by atoms with Crippen molar-refractivity contribution >= 4 is 5.84 Å². The largest absolute Gasteiger partial charge is 0.394 e. The van der Waals surface area contributed by atoms with Crippen LogP contribution in [0, 0.1) is 0 Å². The van der Waals surface area contributed by atoms with E-state index in [1.807, 2.05) is 0 Å². The minimum atomic E-state index is -0.581. The molecule has 0 spiro atoms. The van der Waals surface area contributed by atoms with Crippen molar-refractivity contribution in [1.82, 2.24) is 0 Å². The van der Waals surface area contributed by atoms with Crippen molar-refractivity contribution < 1.29 is 10.2 Å². The van der Waals surface area contributed by atoms with Crippen molar-refractivity contribution in [2.75, 3.05) is 6.61 Å². The molecule has 0 radical (unpaired) electrons. The Labute approximate surface area is 91.2 Å². The predicted octanol–water partition coefficient (Wildman–Crippen LogP) is -0.0480. The van der Waals surface area contributed by atoms with Gasteiger partial charge in [-0.1, -0.05) is 12.8 Å². The predicted molar refractivity (Wildman–Crippen MR) is 61.4 cm³/mol. The molecule has 0 fully saturated rings. The number of unbranched alkanes of at least 4 members (excludes halogenated alkanes) is 2. The summed E-state index contributed by atoms with van der Waals surface area (Å²) in [5, 5.41) is 17.6. The van der Waals surface area contributed by atoms with Gasteiger partial charge in [0.1, 0.15) is 0 Å². The number of amidine groups is 1. The average Bonchev–Trinajstić information content (AvgIpc) is 2.15. The first-order valence-electron chi connectivity index (χ1n) is 5.40. The highest BCUT2D eigenvalue weighted by molar-refractivity contribution is 5.77. The van der Waals surface area contributed by atoms with Crippen molar-refractivity contribution in [2.45, 2.75) is 51.3 Å². The third-order valence-corrected chi connectivity index (χ3v) is 2.12. The van der Waals surface area contributed by atoms with Gasteiger partial charge in [-0.3, -0.25) is 4.99 Å². The highest BCUT2D eigenvalue weighted by Crippen LogP contribution is 2.07. The molecule has 0 heterocycles. The molecule has 0 bridgehead atoms. The van der Waals surface area contributed by atoms with Gasteiger partial charge in [0.2, 0.25) is 0 Å². The minimum absolute atomic E-state index is 0.157. The lowest BCUT2D eigenvalue weighted by molar-refractivity contribution is 0.0860. The van der Waals surface area contributed by atoms with Crippen molar-refractivity contribution in [3.8, 4) is 0 Å². The second-order valence-electron chi connectivity index (χ2n) is 3.81. The van der Waals surface area contributed by atoms with Crippen LogP contribution in [0.3, 0.4) is 0 Å². The summed E-state index contributed by atoms with van der Waals surface area (Å²) < 4.78 is 0. The molecular weight excluding hydrogens is 194 g/mol. The normalized spacial score (nSPS) is 16.4. The third kappa shape index (κ3) is 9.65. The van der Waals surface area contributed by atoms with Gasteiger partial charge < -0.3 is 21.7 Å². The van der Waals surface area contributed by atoms with Gasteiger partial charge in [-0.2, -0.15) is 0 Å². The minimum Gasteiger partial charge on any atom is -0.394 e. The molecule has 0 saturated heterocycles. The topological polar surface area (TPSA) is 105 Å². The fraction of sp³-hybridized carbons (Fsp3) is 0.900. The van der Waals surface area contributed by atoms with E-state index in [1.54, 1.807) is 6.92 Å². The van der Waals surface area contributed by atoms with Gasteiger partial charge in [-0.15, -0.1) is 0 Å². The number of hydrogen-bond donors (Lipinski definition) is 4. The average molecular weight is 217 g/mol. The zero-order chi connectivity index (χ0) is 11.7. The van der Waals surface area contributed by atoms with Crippen molar-refractivity contribution in [2.24, 2.45) is 16.5 Å². The summed E-state index contributed by atoms with van der Waals surface area (Å²) in [6, 6.07) is 0. The zero-order valence-corrected chi connectivity index (χ0v) is 9.39. The van der Waals surface area contributed by atoms with Gasteiger partial charge >= 0.3 is 0 Å². The maximum atomic E-state index is 9.07. The van der Waals surface area contributed by atoms with E-state index in [-0.39, 0.29) is 12.8 Å². The molecule has 0 aromatic heterocycles. The second-order valence-corrected chi connectivity index (χ2v) is 3.81. The van der Waals surface area contributed by atoms with Gasteiger partial charge in [0, 0.05) is 0 Å². The van der Waals surface area contributed by atoms with E-state index in [0.29, 0.717) is 12.3 Å². The molecule has 0 aliphatic rings. The number of aliphatic hydroxyl groups is 2. The lowest BCUT2D eigenvalue weighted by atomic mass is 10.1. The molecule has 15 heavy (non-hydrogen) atoms. The number of nitrogens with two attached hydrogens (primary N) is 2. The number of nitrogens with zero attached hydrogens (tertiary/aromatic N) is 1. The van der Waals surface area contributed by atoms with Crippen molar-refractivity contribution in [3.63, 3.8) is 0 Å². The lowest BCUT2D eigenvalue weighted by Crippen LogP contribution is -2.21. The Morgan fingerprint density at radius 1 is 1.27 bits per heavy atom. The lowest BCUT2D eigenvalue weighted by Gasteiger charge is -2.08. The van der Waals surface area contributed by atoms with Crippen LogP contribution < -0.4 is 11.5 Å². The van der Waals surface area contributed by atoms with Crippen LogP contribution >= 0.6 is 0 Å². The van der Waals surface area contributed by atoms with E-state index < -0.39 is 6.10 Å². The number of hydrogen-bond acceptors (Lipinski definition) is 4. The van der Waals surface area contributed by atoms with E-state index in [0.717, 1.165) is 25.7 Å². The van der Waals surface area contributed by atoms with Crippen LogP contribution in [0.4, 0.5) is 0 Å². The number of rotatable bonds is 8. The number of aliphatic hydroxyl groups excluding tert-OH is 2. The summed E-state index contributed by atoms with van der Waals surface area (Å²) in [6.45, 7) is 1.56. The fourth-order valence-corrected chi connectivity index (χ4v) is 1.33. The quantitative estimate of drug-likeness (QED) is 0.260. The van der Waals surface area contributed by atoms with E-state index in [2.05, 4.69) is 4.99 Å². The molecule has 5 nitrogen and oxygen atoms in total. The smallest absolute Gasteiger partial charge is 0.0989 e. The molecule has 2 unspecified atom stereocenters. The maximum absolute atomic E-state index is 9.07. The van der Waals surface area contributed by atoms with E-state index in [4.69, 9.17) is 21.7 Å². The molecule has 0 amide bonds. The Kier molecular flexibility index (Phi) is 8.27. The molecule has 90 valence electrons. The van der Waals surface area contributed by atoms with E-state index >= 15 is 0 Å². The highest BCUT2D eigenvalue weighted by atomic mass is 16.3. The molecule has 6 N–H and O–H groups in total. The molecule has 0 aliphatic carbocycles. The van der Waals surface area contributed by atoms with Crippen LogP contribution in [0.15, 0.2) is 4.99 Å². The van der Waals surface area contributed by atoms with Gasteiger partial charge in [0.05, 0.1) is 24.7 Å². The Hall–Kier alpha value is -0.650. The molecule has 2 atom stereocenters. The summed E-state index contributed by atoms with van der Waals surface area (Å²) in [7, 11) is 0. The molecule has 0 aromatic carbocycles. The van der Waals surface area contributed by atoms with Crippen molar-refractivity contribution in [3.05, 3.63) is 0 Å². The van der Waals surface area contributed by atoms with Crippen LogP contribution in [0.5, 0.6) is 0 Å². The third-order valence-electron chi connectivity index (χ3n) is 2.12. The first kappa shape index (κ1) is 14.3. The van der Waals surface area contributed by atoms with Gasteiger partial charge in [0.25, 0.3) is 0 Å². The summed E-state index contributed by atoms with van der Waals surface area (Å²) in [5.74, 6) is 0.512. The summed E-state index contributed by atoms with van der Waals surface area (Å²) >= 11 is 0. The Bertz CT molecular complexity index is 182. The molecule has 0 aliphatic heterocycles. The van der Waals surface area contributed by atoms with Gasteiger partial charge in [-0.05, 0) is 26.2 Å².